The van der Waals surface area contributed by atoms with Gasteiger partial charge in [0.15, 0.2) is 0 Å². The molecule has 0 aliphatic carbocycles. The second-order valence-electron chi connectivity index (χ2n) is 3.53. The van der Waals surface area contributed by atoms with E-state index >= 15 is 0 Å². The van der Waals surface area contributed by atoms with E-state index < -0.39 is 0 Å². The first kappa shape index (κ1) is 9.63. The van der Waals surface area contributed by atoms with Gasteiger partial charge in [-0.05, 0) is 25.7 Å². The third kappa shape index (κ3) is 2.54. The Bertz CT molecular complexity index is 149. The summed E-state index contributed by atoms with van der Waals surface area (Å²) in [5, 5.41) is 0. The third-order valence-electron chi connectivity index (χ3n) is 2.56. The van der Waals surface area contributed by atoms with E-state index in [2.05, 4.69) is 24.8 Å². The molecule has 0 bridgehead atoms. The standard InChI is InChI=1S/C11H21N/c1-3-5-9-12-10-7-6-8-11(12)4-2/h8H,3-7,9-10H2,1-2H3. The van der Waals surface area contributed by atoms with Crippen molar-refractivity contribution < 1.29 is 0 Å². The number of unbranched alkanes of at least 4 members (excludes halogenated alkanes) is 1. The SMILES string of the molecule is CCCCN1CCCC=C1CC. The van der Waals surface area contributed by atoms with Crippen LogP contribution in [0.5, 0.6) is 0 Å². The number of rotatable bonds is 4. The molecule has 1 aliphatic heterocycles. The molecule has 0 saturated carbocycles. The lowest BCUT2D eigenvalue weighted by molar-refractivity contribution is 0.309. The fraction of sp³-hybridized carbons (Fsp3) is 0.818. The van der Waals surface area contributed by atoms with E-state index in [1.165, 1.54) is 45.2 Å². The lowest BCUT2D eigenvalue weighted by Gasteiger charge is -2.30. The zero-order valence-electron chi connectivity index (χ0n) is 8.47. The number of hydrogen-bond donors (Lipinski definition) is 0. The molecule has 0 N–H and O–H groups in total. The zero-order valence-corrected chi connectivity index (χ0v) is 8.47. The lowest BCUT2D eigenvalue weighted by atomic mass is 10.1. The Hall–Kier alpha value is -0.460. The average Bonchev–Trinajstić information content (AvgIpc) is 2.15. The van der Waals surface area contributed by atoms with Gasteiger partial charge < -0.3 is 4.90 Å². The van der Waals surface area contributed by atoms with E-state index in [1.807, 2.05) is 0 Å². The van der Waals surface area contributed by atoms with Gasteiger partial charge in [0.05, 0.1) is 0 Å². The smallest absolute Gasteiger partial charge is 0.0177 e. The van der Waals surface area contributed by atoms with Crippen molar-refractivity contribution in [2.24, 2.45) is 0 Å². The molecule has 0 unspecified atom stereocenters. The maximum absolute atomic E-state index is 2.56. The van der Waals surface area contributed by atoms with E-state index in [0.29, 0.717) is 0 Å². The molecule has 0 aromatic rings. The van der Waals surface area contributed by atoms with Crippen molar-refractivity contribution in [2.75, 3.05) is 13.1 Å². The first-order valence-electron chi connectivity index (χ1n) is 5.32. The first-order valence-corrected chi connectivity index (χ1v) is 5.32. The van der Waals surface area contributed by atoms with Crippen LogP contribution in [-0.2, 0) is 0 Å². The molecular formula is C11H21N. The summed E-state index contributed by atoms with van der Waals surface area (Å²) in [6, 6.07) is 0. The summed E-state index contributed by atoms with van der Waals surface area (Å²) >= 11 is 0. The summed E-state index contributed by atoms with van der Waals surface area (Å²) in [5.41, 5.74) is 1.58. The molecular weight excluding hydrogens is 146 g/mol. The molecule has 1 heteroatoms. The van der Waals surface area contributed by atoms with Crippen LogP contribution in [0.1, 0.15) is 46.0 Å². The summed E-state index contributed by atoms with van der Waals surface area (Å²) in [6.45, 7) is 7.09. The normalized spacial score (nSPS) is 17.8. The highest BCUT2D eigenvalue weighted by Gasteiger charge is 2.10. The summed E-state index contributed by atoms with van der Waals surface area (Å²) in [6.07, 6.45) is 8.94. The maximum atomic E-state index is 2.56. The molecule has 0 fully saturated rings. The molecule has 1 heterocycles. The van der Waals surface area contributed by atoms with Crippen molar-refractivity contribution in [1.82, 2.24) is 4.90 Å². The minimum atomic E-state index is 1.21. The maximum Gasteiger partial charge on any atom is 0.0177 e. The van der Waals surface area contributed by atoms with Gasteiger partial charge >= 0.3 is 0 Å². The van der Waals surface area contributed by atoms with E-state index in [-0.39, 0.29) is 0 Å². The fourth-order valence-corrected chi connectivity index (χ4v) is 1.80. The molecule has 70 valence electrons. The molecule has 0 saturated heterocycles. The summed E-state index contributed by atoms with van der Waals surface area (Å²) in [5.74, 6) is 0. The summed E-state index contributed by atoms with van der Waals surface area (Å²) in [4.78, 5) is 2.56. The van der Waals surface area contributed by atoms with Gasteiger partial charge in [-0.25, -0.2) is 0 Å². The van der Waals surface area contributed by atoms with E-state index in [9.17, 15) is 0 Å². The quantitative estimate of drug-likeness (QED) is 0.621. The van der Waals surface area contributed by atoms with Crippen LogP contribution in [0, 0.1) is 0 Å². The van der Waals surface area contributed by atoms with Gasteiger partial charge in [-0.15, -0.1) is 0 Å². The van der Waals surface area contributed by atoms with Crippen LogP contribution in [0.4, 0.5) is 0 Å². The Balaban J connectivity index is 2.38. The van der Waals surface area contributed by atoms with Crippen molar-refractivity contribution in [3.63, 3.8) is 0 Å². The zero-order chi connectivity index (χ0) is 8.81. The number of hydrogen-bond acceptors (Lipinski definition) is 1. The van der Waals surface area contributed by atoms with Crippen LogP contribution in [0.15, 0.2) is 11.8 Å². The second kappa shape index (κ2) is 5.23. The Morgan fingerprint density at radius 3 is 2.92 bits per heavy atom. The van der Waals surface area contributed by atoms with Crippen LogP contribution >= 0.6 is 0 Å². The van der Waals surface area contributed by atoms with Crippen molar-refractivity contribution in [2.45, 2.75) is 46.0 Å². The molecule has 0 atom stereocenters. The predicted octanol–water partition coefficient (Wildman–Crippen LogP) is 3.18. The Kier molecular flexibility index (Phi) is 4.20. The molecule has 1 rings (SSSR count). The fourth-order valence-electron chi connectivity index (χ4n) is 1.80. The molecule has 0 amide bonds. The van der Waals surface area contributed by atoms with Crippen LogP contribution in [0.25, 0.3) is 0 Å². The van der Waals surface area contributed by atoms with Gasteiger partial charge in [-0.3, -0.25) is 0 Å². The number of nitrogens with zero attached hydrogens (tertiary/aromatic N) is 1. The minimum Gasteiger partial charge on any atom is -0.375 e. The highest BCUT2D eigenvalue weighted by atomic mass is 15.1. The predicted molar refractivity (Wildman–Crippen MR) is 54.1 cm³/mol. The van der Waals surface area contributed by atoms with Gasteiger partial charge in [0.25, 0.3) is 0 Å². The first-order chi connectivity index (χ1) is 5.88. The van der Waals surface area contributed by atoms with Crippen LogP contribution in [0.2, 0.25) is 0 Å². The van der Waals surface area contributed by atoms with Crippen molar-refractivity contribution in [3.05, 3.63) is 11.8 Å². The number of allylic oxidation sites excluding steroid dienone is 2. The van der Waals surface area contributed by atoms with Gasteiger partial charge in [0, 0.05) is 18.8 Å². The van der Waals surface area contributed by atoms with E-state index in [4.69, 9.17) is 0 Å². The van der Waals surface area contributed by atoms with Crippen LogP contribution in [-0.4, -0.2) is 18.0 Å². The lowest BCUT2D eigenvalue weighted by Crippen LogP contribution is -2.27. The molecule has 0 aromatic carbocycles. The third-order valence-corrected chi connectivity index (χ3v) is 2.56. The highest BCUT2D eigenvalue weighted by Crippen LogP contribution is 2.17. The molecule has 0 spiro atoms. The monoisotopic (exact) mass is 167 g/mol. The van der Waals surface area contributed by atoms with E-state index in [1.54, 1.807) is 5.70 Å². The Labute approximate surface area is 76.5 Å². The molecule has 1 aliphatic rings. The van der Waals surface area contributed by atoms with Crippen LogP contribution < -0.4 is 0 Å². The molecule has 12 heavy (non-hydrogen) atoms. The Morgan fingerprint density at radius 2 is 2.25 bits per heavy atom. The van der Waals surface area contributed by atoms with Gasteiger partial charge in [0.1, 0.15) is 0 Å². The largest absolute Gasteiger partial charge is 0.375 e. The van der Waals surface area contributed by atoms with Gasteiger partial charge in [-0.1, -0.05) is 26.3 Å². The summed E-state index contributed by atoms with van der Waals surface area (Å²) in [7, 11) is 0. The minimum absolute atomic E-state index is 1.21. The second-order valence-corrected chi connectivity index (χ2v) is 3.53. The van der Waals surface area contributed by atoms with Gasteiger partial charge in [-0.2, -0.15) is 0 Å². The topological polar surface area (TPSA) is 3.24 Å². The average molecular weight is 167 g/mol. The van der Waals surface area contributed by atoms with Crippen molar-refractivity contribution in [3.8, 4) is 0 Å². The highest BCUT2D eigenvalue weighted by molar-refractivity contribution is 5.03. The van der Waals surface area contributed by atoms with Crippen LogP contribution in [0.3, 0.4) is 0 Å². The van der Waals surface area contributed by atoms with E-state index in [0.717, 1.165) is 0 Å². The molecule has 0 radical (unpaired) electrons. The molecule has 0 aromatic heterocycles. The van der Waals surface area contributed by atoms with Gasteiger partial charge in [0.2, 0.25) is 0 Å². The Morgan fingerprint density at radius 1 is 1.42 bits per heavy atom. The van der Waals surface area contributed by atoms with Crippen molar-refractivity contribution in [1.29, 1.82) is 0 Å². The van der Waals surface area contributed by atoms with Crippen molar-refractivity contribution >= 4 is 0 Å². The summed E-state index contributed by atoms with van der Waals surface area (Å²) < 4.78 is 0. The molecule has 1 nitrogen and oxygen atoms in total.